The zero-order valence-corrected chi connectivity index (χ0v) is 41.5. The fourth-order valence-electron chi connectivity index (χ4n) is 10.1. The summed E-state index contributed by atoms with van der Waals surface area (Å²) in [6.45, 7) is 14.8. The molecule has 6 aromatic carbocycles. The summed E-state index contributed by atoms with van der Waals surface area (Å²) in [7, 11) is 1.76. The fourth-order valence-corrected chi connectivity index (χ4v) is 10.1. The minimum atomic E-state index is 0. The molecular weight excluding hydrogens is 1020 g/mol. The van der Waals surface area contributed by atoms with Gasteiger partial charge in [0.15, 0.2) is 0 Å². The molecule has 0 saturated carbocycles. The van der Waals surface area contributed by atoms with Gasteiger partial charge in [0.2, 0.25) is 0 Å². The molecule has 6 heterocycles. The summed E-state index contributed by atoms with van der Waals surface area (Å²) in [6, 6.07) is 55.9. The molecule has 0 atom stereocenters. The third-order valence-corrected chi connectivity index (χ3v) is 13.0. The van der Waals surface area contributed by atoms with Gasteiger partial charge in [0, 0.05) is 11.1 Å². The SMILES string of the molecule is COc1c(-c2ccccc2)cc(C)cc1-c1ccc(-c2cc(C)c(-c3c[c-]c4c(n3)c3c(C)cccc3c3cc(C)nn43)c(C)c2)cc1.Cc1cc2c3cccc(C)c3c3ncc[c-]c3n2n1.[Pt+2]. The Morgan fingerprint density at radius 3 is 1.65 bits per heavy atom. The van der Waals surface area contributed by atoms with Crippen molar-refractivity contribution >= 4 is 54.6 Å². The summed E-state index contributed by atoms with van der Waals surface area (Å²) in [5, 5.41) is 14.1. The van der Waals surface area contributed by atoms with E-state index in [1.54, 1.807) is 13.3 Å². The van der Waals surface area contributed by atoms with Crippen LogP contribution in [0.4, 0.5) is 0 Å². The molecule has 334 valence electrons. The number of rotatable bonds is 5. The van der Waals surface area contributed by atoms with Gasteiger partial charge in [-0.25, -0.2) is 0 Å². The van der Waals surface area contributed by atoms with Crippen molar-refractivity contribution in [2.45, 2.75) is 48.5 Å². The van der Waals surface area contributed by atoms with Gasteiger partial charge in [0.1, 0.15) is 5.75 Å². The molecule has 0 radical (unpaired) electrons. The summed E-state index contributed by atoms with van der Waals surface area (Å²) < 4.78 is 9.94. The van der Waals surface area contributed by atoms with Gasteiger partial charge in [-0.15, -0.1) is 6.07 Å². The minimum absolute atomic E-state index is 0. The van der Waals surface area contributed by atoms with Gasteiger partial charge in [0.25, 0.3) is 0 Å². The van der Waals surface area contributed by atoms with Crippen LogP contribution in [0.15, 0.2) is 146 Å². The average Bonchev–Trinajstić information content (AvgIpc) is 3.94. The Kier molecular flexibility index (Phi) is 11.5. The first-order valence-electron chi connectivity index (χ1n) is 22.7. The van der Waals surface area contributed by atoms with Crippen molar-refractivity contribution in [3.63, 3.8) is 0 Å². The first-order chi connectivity index (χ1) is 32.6. The van der Waals surface area contributed by atoms with Gasteiger partial charge < -0.3 is 14.7 Å². The van der Waals surface area contributed by atoms with Crippen molar-refractivity contribution in [3.8, 4) is 50.4 Å². The van der Waals surface area contributed by atoms with Crippen molar-refractivity contribution < 1.29 is 25.8 Å². The van der Waals surface area contributed by atoms with E-state index in [1.807, 2.05) is 41.1 Å². The maximum absolute atomic E-state index is 6.01. The molecule has 0 bridgehead atoms. The first-order valence-corrected chi connectivity index (χ1v) is 22.7. The molecule has 0 N–H and O–H groups in total. The molecule has 6 aromatic heterocycles. The molecule has 0 aliphatic carbocycles. The van der Waals surface area contributed by atoms with Crippen LogP contribution in [0, 0.1) is 60.6 Å². The molecule has 8 heteroatoms. The molecule has 0 spiro atoms. The van der Waals surface area contributed by atoms with Crippen LogP contribution >= 0.6 is 0 Å². The van der Waals surface area contributed by atoms with E-state index in [1.165, 1.54) is 49.7 Å². The van der Waals surface area contributed by atoms with Crippen molar-refractivity contribution in [2.24, 2.45) is 0 Å². The van der Waals surface area contributed by atoms with Gasteiger partial charge in [-0.05, 0) is 150 Å². The van der Waals surface area contributed by atoms with Crippen LogP contribution in [-0.2, 0) is 21.1 Å². The Bertz CT molecular complexity index is 3900. The fraction of sp³-hybridized carbons (Fsp3) is 0.133. The molecular formula is C60H48N6OPt. The average molecular weight is 1060 g/mol. The summed E-state index contributed by atoms with van der Waals surface area (Å²) >= 11 is 0. The third kappa shape index (κ3) is 7.52. The summed E-state index contributed by atoms with van der Waals surface area (Å²) in [6.07, 6.45) is 1.79. The number of hydrogen-bond acceptors (Lipinski definition) is 5. The van der Waals surface area contributed by atoms with E-state index < -0.39 is 0 Å². The van der Waals surface area contributed by atoms with Crippen LogP contribution in [0.2, 0.25) is 0 Å². The Labute approximate surface area is 410 Å². The number of aromatic nitrogens is 6. The van der Waals surface area contributed by atoms with Gasteiger partial charge in [0.05, 0.1) is 29.5 Å². The quantitative estimate of drug-likeness (QED) is 0.127. The molecule has 0 aliphatic rings. The van der Waals surface area contributed by atoms with Gasteiger partial charge >= 0.3 is 21.1 Å². The Hall–Kier alpha value is -7.47. The number of aryl methyl sites for hydroxylation is 7. The monoisotopic (exact) mass is 1060 g/mol. The second-order valence-corrected chi connectivity index (χ2v) is 17.8. The topological polar surface area (TPSA) is 69.6 Å². The van der Waals surface area contributed by atoms with Crippen molar-refractivity contribution in [2.75, 3.05) is 7.11 Å². The van der Waals surface area contributed by atoms with Crippen molar-refractivity contribution in [3.05, 3.63) is 197 Å². The van der Waals surface area contributed by atoms with Crippen LogP contribution in [0.1, 0.15) is 39.2 Å². The Morgan fingerprint density at radius 2 is 1.06 bits per heavy atom. The first kappa shape index (κ1) is 44.4. The normalized spacial score (nSPS) is 11.4. The molecule has 0 fully saturated rings. The predicted molar refractivity (Wildman–Crippen MR) is 275 cm³/mol. The number of benzene rings is 6. The van der Waals surface area contributed by atoms with Crippen LogP contribution in [0.25, 0.3) is 99.3 Å². The molecule has 68 heavy (non-hydrogen) atoms. The zero-order chi connectivity index (χ0) is 46.1. The molecule has 0 aliphatic heterocycles. The standard InChI is InChI=1S/C44H36N3O.C16H12N3.Pt/c1-26-21-36(32-12-8-7-9-13-32)44(48-6)37(22-26)33-17-15-31(16-18-33)34-23-28(3)41(29(4)24-34)38-19-20-39-43(45-38)42-27(2)11-10-14-35(42)40-25-30(5)46-47(39)40;1-10-5-3-6-12-14-9-11(2)18-19(14)13-7-4-8-17-16(13)15(10)12;/h7-19,21-25H,1-6H3;3-6,8-9H,1-2H3;/q2*-1;+2. The van der Waals surface area contributed by atoms with Gasteiger partial charge in [-0.1, -0.05) is 137 Å². The third-order valence-electron chi connectivity index (χ3n) is 13.0. The Morgan fingerprint density at radius 1 is 0.515 bits per heavy atom. The smallest absolute Gasteiger partial charge is 0.495 e. The van der Waals surface area contributed by atoms with Crippen LogP contribution < -0.4 is 4.74 Å². The van der Waals surface area contributed by atoms with Crippen LogP contribution in [-0.4, -0.2) is 36.3 Å². The number of fused-ring (bicyclic) bond motifs is 12. The summed E-state index contributed by atoms with van der Waals surface area (Å²) in [5.74, 6) is 0.890. The van der Waals surface area contributed by atoms with E-state index >= 15 is 0 Å². The van der Waals surface area contributed by atoms with E-state index in [2.05, 4.69) is 178 Å². The van der Waals surface area contributed by atoms with E-state index in [4.69, 9.17) is 14.8 Å². The molecule has 0 saturated heterocycles. The largest absolute Gasteiger partial charge is 2.00 e. The number of ether oxygens (including phenoxy) is 1. The van der Waals surface area contributed by atoms with Crippen molar-refractivity contribution in [1.29, 1.82) is 0 Å². The minimum Gasteiger partial charge on any atom is -0.495 e. The summed E-state index contributed by atoms with van der Waals surface area (Å²) in [4.78, 5) is 9.85. The zero-order valence-electron chi connectivity index (χ0n) is 39.3. The Balaban J connectivity index is 0.000000224. The molecule has 12 aromatic rings. The number of nitrogens with zero attached hydrogens (tertiary/aromatic N) is 6. The maximum Gasteiger partial charge on any atom is 2.00 e. The molecule has 0 amide bonds. The van der Waals surface area contributed by atoms with E-state index in [0.717, 1.165) is 94.5 Å². The predicted octanol–water partition coefficient (Wildman–Crippen LogP) is 14.5. The van der Waals surface area contributed by atoms with E-state index in [9.17, 15) is 0 Å². The summed E-state index contributed by atoms with van der Waals surface area (Å²) in [5.41, 5.74) is 22.8. The van der Waals surface area contributed by atoms with Crippen LogP contribution in [0.3, 0.4) is 0 Å². The number of hydrogen-bond donors (Lipinski definition) is 0. The molecule has 12 rings (SSSR count). The molecule has 0 unspecified atom stereocenters. The van der Waals surface area contributed by atoms with Crippen molar-refractivity contribution in [1.82, 2.24) is 29.2 Å². The second-order valence-electron chi connectivity index (χ2n) is 17.8. The molecule has 7 nitrogen and oxygen atoms in total. The number of pyridine rings is 4. The maximum atomic E-state index is 6.01. The number of methoxy groups -OCH3 is 1. The second kappa shape index (κ2) is 17.6. The van der Waals surface area contributed by atoms with Gasteiger partial charge in [-0.3, -0.25) is 9.03 Å². The van der Waals surface area contributed by atoms with E-state index in [0.29, 0.717) is 0 Å². The van der Waals surface area contributed by atoms with Crippen LogP contribution in [0.5, 0.6) is 5.75 Å². The van der Waals surface area contributed by atoms with E-state index in [-0.39, 0.29) is 21.1 Å². The van der Waals surface area contributed by atoms with Gasteiger partial charge in [-0.2, -0.15) is 28.4 Å².